The number of hydrogen-bond acceptors (Lipinski definition) is 8. The normalized spacial score (nSPS) is 13.5. The molecule has 0 aliphatic heterocycles. The lowest BCUT2D eigenvalue weighted by Gasteiger charge is -2.21. The third-order valence-electron chi connectivity index (χ3n) is 5.72. The van der Waals surface area contributed by atoms with E-state index in [2.05, 4.69) is 5.32 Å². The highest BCUT2D eigenvalue weighted by Crippen LogP contribution is 2.38. The van der Waals surface area contributed by atoms with E-state index in [9.17, 15) is 18.0 Å². The maximum absolute atomic E-state index is 13.1. The molecule has 192 valence electrons. The smallest absolute Gasteiger partial charge is 0.341 e. The van der Waals surface area contributed by atoms with Crippen molar-refractivity contribution in [1.29, 1.82) is 0 Å². The summed E-state index contributed by atoms with van der Waals surface area (Å²) in [6.45, 7) is 2.86. The predicted octanol–water partition coefficient (Wildman–Crippen LogP) is 3.34. The number of rotatable bonds is 12. The minimum atomic E-state index is -3.79. The molecule has 11 heteroatoms. The van der Waals surface area contributed by atoms with Crippen LogP contribution in [0.4, 0.5) is 5.00 Å². The first-order chi connectivity index (χ1) is 16.8. The van der Waals surface area contributed by atoms with Crippen molar-refractivity contribution in [3.8, 4) is 0 Å². The molecule has 1 aromatic heterocycles. The van der Waals surface area contributed by atoms with Crippen LogP contribution in [0.5, 0.6) is 0 Å². The van der Waals surface area contributed by atoms with E-state index in [-0.39, 0.29) is 43.4 Å². The van der Waals surface area contributed by atoms with Crippen molar-refractivity contribution >= 4 is 38.2 Å². The van der Waals surface area contributed by atoms with E-state index >= 15 is 0 Å². The van der Waals surface area contributed by atoms with Crippen LogP contribution in [-0.4, -0.2) is 71.7 Å². The molecule has 1 heterocycles. The summed E-state index contributed by atoms with van der Waals surface area (Å²) in [4.78, 5) is 26.8. The molecule has 1 amide bonds. The van der Waals surface area contributed by atoms with Gasteiger partial charge in [0.2, 0.25) is 10.0 Å². The molecule has 0 fully saturated rings. The van der Waals surface area contributed by atoms with Gasteiger partial charge in [0, 0.05) is 37.7 Å². The summed E-state index contributed by atoms with van der Waals surface area (Å²) >= 11 is 1.41. The molecule has 1 N–H and O–H groups in total. The molecule has 35 heavy (non-hydrogen) atoms. The topological polar surface area (TPSA) is 111 Å². The number of nitrogens with zero attached hydrogens (tertiary/aromatic N) is 1. The van der Waals surface area contributed by atoms with Crippen molar-refractivity contribution in [1.82, 2.24) is 4.31 Å². The van der Waals surface area contributed by atoms with Crippen LogP contribution in [0.3, 0.4) is 0 Å². The highest BCUT2D eigenvalue weighted by molar-refractivity contribution is 7.89. The molecule has 9 nitrogen and oxygen atoms in total. The van der Waals surface area contributed by atoms with Crippen LogP contribution in [-0.2, 0) is 37.1 Å². The minimum absolute atomic E-state index is 0.0695. The van der Waals surface area contributed by atoms with Gasteiger partial charge in [0.1, 0.15) is 5.00 Å². The van der Waals surface area contributed by atoms with E-state index in [1.54, 1.807) is 6.92 Å². The number of sulfonamides is 1. The SMILES string of the molecule is CCOC(=O)c1c(NC(=O)c2ccc(S(=O)(=O)N(CCOC)CCOC)cc2)sc2c1CCCC2. The second kappa shape index (κ2) is 12.6. The number of methoxy groups -OCH3 is 2. The minimum Gasteiger partial charge on any atom is -0.462 e. The number of benzene rings is 1. The van der Waals surface area contributed by atoms with E-state index in [1.807, 2.05) is 0 Å². The fraction of sp³-hybridized carbons (Fsp3) is 0.500. The number of aryl methyl sites for hydroxylation is 1. The Hall–Kier alpha value is -2.31. The van der Waals surface area contributed by atoms with Gasteiger partial charge in [-0.15, -0.1) is 11.3 Å². The Bertz CT molecular complexity index is 1120. The molecule has 3 rings (SSSR count). The first kappa shape index (κ1) is 27.3. The van der Waals surface area contributed by atoms with Gasteiger partial charge in [0.25, 0.3) is 5.91 Å². The summed E-state index contributed by atoms with van der Waals surface area (Å²) in [7, 11) is -0.779. The van der Waals surface area contributed by atoms with Crippen molar-refractivity contribution in [3.63, 3.8) is 0 Å². The first-order valence-electron chi connectivity index (χ1n) is 11.5. The number of thiophene rings is 1. The van der Waals surface area contributed by atoms with Crippen LogP contribution in [0.25, 0.3) is 0 Å². The summed E-state index contributed by atoms with van der Waals surface area (Å²) in [5.41, 5.74) is 1.68. The number of nitrogens with one attached hydrogen (secondary N) is 1. The van der Waals surface area contributed by atoms with Crippen LogP contribution >= 0.6 is 11.3 Å². The molecule has 1 aliphatic rings. The van der Waals surface area contributed by atoms with Crippen molar-refractivity contribution in [2.75, 3.05) is 52.4 Å². The van der Waals surface area contributed by atoms with Crippen LogP contribution in [0.1, 0.15) is 50.9 Å². The van der Waals surface area contributed by atoms with E-state index in [1.165, 1.54) is 54.1 Å². The summed E-state index contributed by atoms with van der Waals surface area (Å²) < 4.78 is 42.7. The Kier molecular flexibility index (Phi) is 9.81. The second-order valence-electron chi connectivity index (χ2n) is 8.00. The van der Waals surface area contributed by atoms with Crippen LogP contribution in [0.2, 0.25) is 0 Å². The molecule has 0 atom stereocenters. The maximum Gasteiger partial charge on any atom is 0.341 e. The van der Waals surface area contributed by atoms with Crippen molar-refractivity contribution in [2.24, 2.45) is 0 Å². The fourth-order valence-corrected chi connectivity index (χ4v) is 6.59. The average molecular weight is 525 g/mol. The van der Waals surface area contributed by atoms with Gasteiger partial charge in [-0.3, -0.25) is 4.79 Å². The van der Waals surface area contributed by atoms with Crippen LogP contribution in [0.15, 0.2) is 29.2 Å². The van der Waals surface area contributed by atoms with E-state index in [0.717, 1.165) is 36.1 Å². The van der Waals surface area contributed by atoms with Crippen molar-refractivity contribution < 1.29 is 32.2 Å². The van der Waals surface area contributed by atoms with Gasteiger partial charge in [0.05, 0.1) is 30.3 Å². The number of carbonyl (C=O) groups is 2. The lowest BCUT2D eigenvalue weighted by molar-refractivity contribution is 0.0526. The molecule has 0 spiro atoms. The van der Waals surface area contributed by atoms with Crippen LogP contribution < -0.4 is 5.32 Å². The summed E-state index contributed by atoms with van der Waals surface area (Å²) in [5.74, 6) is -0.857. The molecule has 1 aromatic carbocycles. The number of fused-ring (bicyclic) bond motifs is 1. The molecule has 0 saturated heterocycles. The Balaban J connectivity index is 1.81. The first-order valence-corrected chi connectivity index (χ1v) is 13.8. The van der Waals surface area contributed by atoms with Gasteiger partial charge in [-0.05, 0) is 62.4 Å². The van der Waals surface area contributed by atoms with Gasteiger partial charge >= 0.3 is 5.97 Å². The molecular weight excluding hydrogens is 492 g/mol. The molecule has 0 bridgehead atoms. The summed E-state index contributed by atoms with van der Waals surface area (Å²) in [6.07, 6.45) is 3.69. The van der Waals surface area contributed by atoms with Gasteiger partial charge < -0.3 is 19.5 Å². The number of anilines is 1. The van der Waals surface area contributed by atoms with Crippen molar-refractivity contribution in [3.05, 3.63) is 45.8 Å². The average Bonchev–Trinajstić information content (AvgIpc) is 3.22. The lowest BCUT2D eigenvalue weighted by atomic mass is 9.95. The fourth-order valence-electron chi connectivity index (χ4n) is 3.91. The quantitative estimate of drug-likeness (QED) is 0.424. The number of amides is 1. The zero-order valence-electron chi connectivity index (χ0n) is 20.3. The third-order valence-corrected chi connectivity index (χ3v) is 8.84. The third kappa shape index (κ3) is 6.47. The Morgan fingerprint density at radius 3 is 2.26 bits per heavy atom. The lowest BCUT2D eigenvalue weighted by Crippen LogP contribution is -2.36. The maximum atomic E-state index is 13.1. The molecular formula is C24H32N2O7S2. The highest BCUT2D eigenvalue weighted by Gasteiger charge is 2.28. The second-order valence-corrected chi connectivity index (χ2v) is 11.0. The van der Waals surface area contributed by atoms with Gasteiger partial charge in [-0.25, -0.2) is 13.2 Å². The van der Waals surface area contributed by atoms with Crippen molar-refractivity contribution in [2.45, 2.75) is 37.5 Å². The Morgan fingerprint density at radius 2 is 1.66 bits per heavy atom. The van der Waals surface area contributed by atoms with E-state index in [0.29, 0.717) is 10.6 Å². The van der Waals surface area contributed by atoms with Crippen LogP contribution in [0, 0.1) is 0 Å². The van der Waals surface area contributed by atoms with E-state index in [4.69, 9.17) is 14.2 Å². The zero-order chi connectivity index (χ0) is 25.4. The number of esters is 1. The van der Waals surface area contributed by atoms with Gasteiger partial charge in [-0.2, -0.15) is 4.31 Å². The number of hydrogen-bond donors (Lipinski definition) is 1. The molecule has 2 aromatic rings. The predicted molar refractivity (Wildman–Crippen MR) is 134 cm³/mol. The van der Waals surface area contributed by atoms with Gasteiger partial charge in [0.15, 0.2) is 0 Å². The van der Waals surface area contributed by atoms with E-state index < -0.39 is 21.9 Å². The number of carbonyl (C=O) groups excluding carboxylic acids is 2. The standard InChI is InChI=1S/C24H32N2O7S2/c1-4-33-24(28)21-19-7-5-6-8-20(19)34-23(21)25-22(27)17-9-11-18(12-10-17)35(29,30)26(13-15-31-2)14-16-32-3/h9-12H,4-8,13-16H2,1-3H3,(H,25,27). The summed E-state index contributed by atoms with van der Waals surface area (Å²) in [6, 6.07) is 5.74. The van der Waals surface area contributed by atoms with Gasteiger partial charge in [-0.1, -0.05) is 0 Å². The Labute approximate surface area is 210 Å². The molecule has 1 aliphatic carbocycles. The zero-order valence-corrected chi connectivity index (χ0v) is 21.9. The molecule has 0 saturated carbocycles. The number of ether oxygens (including phenoxy) is 3. The Morgan fingerprint density at radius 1 is 1.03 bits per heavy atom. The monoisotopic (exact) mass is 524 g/mol. The summed E-state index contributed by atoms with van der Waals surface area (Å²) in [5, 5.41) is 3.32. The molecule has 0 unspecified atom stereocenters. The molecule has 0 radical (unpaired) electrons. The largest absolute Gasteiger partial charge is 0.462 e. The highest BCUT2D eigenvalue weighted by atomic mass is 32.2.